The van der Waals surface area contributed by atoms with Crippen molar-refractivity contribution in [2.24, 2.45) is 0 Å². The van der Waals surface area contributed by atoms with E-state index in [9.17, 15) is 18.0 Å². The fourth-order valence-electron chi connectivity index (χ4n) is 3.52. The van der Waals surface area contributed by atoms with Gasteiger partial charge in [-0.25, -0.2) is 9.78 Å². The summed E-state index contributed by atoms with van der Waals surface area (Å²) in [4.78, 5) is 23.8. The van der Waals surface area contributed by atoms with Crippen molar-refractivity contribution in [1.29, 1.82) is 0 Å². The van der Waals surface area contributed by atoms with E-state index in [-0.39, 0.29) is 51.4 Å². The molecular weight excluding hydrogens is 527 g/mol. The fraction of sp³-hybridized carbons (Fsp3) is 0.280. The first-order valence-corrected chi connectivity index (χ1v) is 12.1. The SMILES string of the molecule is CCCOc1nc(Oc2cccc(SC(F)(F)F)c2)nc2oc(-c3cc(C)c(OCC(=O)O)c(C)c3)nc12. The molecule has 0 spiro atoms. The van der Waals surface area contributed by atoms with Gasteiger partial charge in [-0.05, 0) is 73.5 Å². The summed E-state index contributed by atoms with van der Waals surface area (Å²) in [5.41, 5.74) is -2.21. The van der Waals surface area contributed by atoms with Crippen LogP contribution in [0.4, 0.5) is 13.2 Å². The number of thioether (sulfide) groups is 1. The summed E-state index contributed by atoms with van der Waals surface area (Å²) in [5.74, 6) is -0.248. The Morgan fingerprint density at radius 2 is 1.82 bits per heavy atom. The monoisotopic (exact) mass is 549 g/mol. The summed E-state index contributed by atoms with van der Waals surface area (Å²) in [6, 6.07) is 8.72. The van der Waals surface area contributed by atoms with Gasteiger partial charge in [0.25, 0.3) is 11.6 Å². The van der Waals surface area contributed by atoms with E-state index >= 15 is 0 Å². The van der Waals surface area contributed by atoms with Gasteiger partial charge in [-0.1, -0.05) is 13.0 Å². The Balaban J connectivity index is 1.69. The number of fused-ring (bicyclic) bond motifs is 1. The molecule has 13 heteroatoms. The van der Waals surface area contributed by atoms with Gasteiger partial charge in [0.05, 0.1) is 6.61 Å². The molecule has 0 fully saturated rings. The second-order valence-corrected chi connectivity index (χ2v) is 9.22. The van der Waals surface area contributed by atoms with E-state index in [1.807, 2.05) is 6.92 Å². The summed E-state index contributed by atoms with van der Waals surface area (Å²) >= 11 is -0.261. The minimum absolute atomic E-state index is 0.0537. The van der Waals surface area contributed by atoms with Crippen molar-refractivity contribution in [3.63, 3.8) is 0 Å². The lowest BCUT2D eigenvalue weighted by Gasteiger charge is -2.11. The van der Waals surface area contributed by atoms with Crippen LogP contribution in [0.15, 0.2) is 45.7 Å². The van der Waals surface area contributed by atoms with Gasteiger partial charge in [-0.3, -0.25) is 0 Å². The van der Waals surface area contributed by atoms with Crippen LogP contribution in [0.3, 0.4) is 0 Å². The predicted octanol–water partition coefficient (Wildman–Crippen LogP) is 6.56. The average molecular weight is 550 g/mol. The molecule has 0 aliphatic carbocycles. The molecule has 0 radical (unpaired) electrons. The lowest BCUT2D eigenvalue weighted by atomic mass is 10.1. The van der Waals surface area contributed by atoms with Crippen molar-refractivity contribution >= 4 is 29.0 Å². The molecule has 9 nitrogen and oxygen atoms in total. The molecule has 2 aromatic heterocycles. The number of halogens is 3. The van der Waals surface area contributed by atoms with Crippen molar-refractivity contribution < 1.29 is 41.7 Å². The summed E-state index contributed by atoms with van der Waals surface area (Å²) < 4.78 is 60.9. The van der Waals surface area contributed by atoms with Crippen molar-refractivity contribution in [3.05, 3.63) is 47.5 Å². The quantitative estimate of drug-likeness (QED) is 0.218. The van der Waals surface area contributed by atoms with Crippen LogP contribution in [0.5, 0.6) is 23.4 Å². The maximum Gasteiger partial charge on any atom is 0.446 e. The van der Waals surface area contributed by atoms with Gasteiger partial charge in [0.1, 0.15) is 11.5 Å². The van der Waals surface area contributed by atoms with Crippen LogP contribution in [0.2, 0.25) is 0 Å². The van der Waals surface area contributed by atoms with Crippen molar-refractivity contribution in [3.8, 4) is 34.8 Å². The van der Waals surface area contributed by atoms with Gasteiger partial charge in [-0.15, -0.1) is 0 Å². The minimum Gasteiger partial charge on any atom is -0.481 e. The molecule has 0 aliphatic rings. The number of aromatic nitrogens is 3. The third-order valence-corrected chi connectivity index (χ3v) is 5.67. The first-order valence-electron chi connectivity index (χ1n) is 11.3. The molecule has 0 saturated heterocycles. The van der Waals surface area contributed by atoms with Gasteiger partial charge in [0.2, 0.25) is 5.89 Å². The van der Waals surface area contributed by atoms with Crippen LogP contribution in [0.25, 0.3) is 22.7 Å². The zero-order valence-electron chi connectivity index (χ0n) is 20.5. The first-order chi connectivity index (χ1) is 18.0. The van der Waals surface area contributed by atoms with Crippen molar-refractivity contribution in [2.75, 3.05) is 13.2 Å². The van der Waals surface area contributed by atoms with Crippen LogP contribution in [-0.2, 0) is 4.79 Å². The molecule has 2 aromatic carbocycles. The number of carbonyl (C=O) groups is 1. The van der Waals surface area contributed by atoms with Crippen LogP contribution in [0.1, 0.15) is 24.5 Å². The van der Waals surface area contributed by atoms with E-state index in [2.05, 4.69) is 15.0 Å². The van der Waals surface area contributed by atoms with E-state index in [0.29, 0.717) is 35.5 Å². The zero-order valence-corrected chi connectivity index (χ0v) is 21.3. The van der Waals surface area contributed by atoms with Gasteiger partial charge >= 0.3 is 17.5 Å². The van der Waals surface area contributed by atoms with Gasteiger partial charge < -0.3 is 23.7 Å². The number of carboxylic acid groups (broad SMARTS) is 1. The highest BCUT2D eigenvalue weighted by Crippen LogP contribution is 2.39. The summed E-state index contributed by atoms with van der Waals surface area (Å²) in [5, 5.41) is 8.90. The molecule has 200 valence electrons. The smallest absolute Gasteiger partial charge is 0.446 e. The zero-order chi connectivity index (χ0) is 27.4. The largest absolute Gasteiger partial charge is 0.481 e. The number of ether oxygens (including phenoxy) is 3. The molecular formula is C25H22F3N3O6S. The summed E-state index contributed by atoms with van der Waals surface area (Å²) in [6.07, 6.45) is 0.680. The molecule has 0 amide bonds. The standard InChI is InChI=1S/C25H22F3N3O6S/c1-4-8-34-22-19-23(31-24(30-22)36-16-6-5-7-17(11-16)38-25(26,27)28)37-21(29-19)15-9-13(2)20(14(3)10-15)35-12-18(32)33/h5-7,9-11H,4,8,12H2,1-3H3,(H,32,33). The molecule has 0 unspecified atom stereocenters. The number of hydrogen-bond donors (Lipinski definition) is 1. The lowest BCUT2D eigenvalue weighted by molar-refractivity contribution is -0.139. The maximum atomic E-state index is 12.8. The normalized spacial score (nSPS) is 11.5. The number of alkyl halides is 3. The number of aliphatic carboxylic acids is 1. The van der Waals surface area contributed by atoms with Crippen LogP contribution >= 0.6 is 11.8 Å². The third kappa shape index (κ3) is 6.65. The average Bonchev–Trinajstić information content (AvgIpc) is 3.25. The number of benzene rings is 2. The highest BCUT2D eigenvalue weighted by molar-refractivity contribution is 8.00. The molecule has 0 saturated carbocycles. The first kappa shape index (κ1) is 27.0. The Hall–Kier alpha value is -4.00. The molecule has 0 atom stereocenters. The second kappa shape index (κ2) is 11.2. The van der Waals surface area contributed by atoms with E-state index in [4.69, 9.17) is 23.7 Å². The minimum atomic E-state index is -4.44. The van der Waals surface area contributed by atoms with E-state index in [0.717, 1.165) is 0 Å². The Morgan fingerprint density at radius 1 is 1.08 bits per heavy atom. The number of nitrogens with zero attached hydrogens (tertiary/aromatic N) is 3. The Labute approximate surface area is 219 Å². The topological polar surface area (TPSA) is 117 Å². The summed E-state index contributed by atoms with van der Waals surface area (Å²) in [7, 11) is 0. The van der Waals surface area contributed by atoms with Gasteiger partial charge in [-0.2, -0.15) is 23.1 Å². The number of oxazole rings is 1. The Morgan fingerprint density at radius 3 is 2.47 bits per heavy atom. The Bertz CT molecular complexity index is 1450. The van der Waals surface area contributed by atoms with Crippen molar-refractivity contribution in [1.82, 2.24) is 15.0 Å². The third-order valence-electron chi connectivity index (χ3n) is 4.94. The molecule has 4 aromatic rings. The van der Waals surface area contributed by atoms with Gasteiger partial charge in [0.15, 0.2) is 12.1 Å². The maximum absolute atomic E-state index is 12.8. The molecule has 0 bridgehead atoms. The molecule has 38 heavy (non-hydrogen) atoms. The lowest BCUT2D eigenvalue weighted by Crippen LogP contribution is -2.10. The van der Waals surface area contributed by atoms with Crippen LogP contribution in [-0.4, -0.2) is 44.7 Å². The number of aryl methyl sites for hydroxylation is 2. The van der Waals surface area contributed by atoms with E-state index < -0.39 is 18.1 Å². The fourth-order valence-corrected chi connectivity index (χ4v) is 4.11. The number of rotatable bonds is 10. The molecule has 2 heterocycles. The number of hydrogen-bond acceptors (Lipinski definition) is 9. The number of carboxylic acids is 1. The molecule has 4 rings (SSSR count). The van der Waals surface area contributed by atoms with E-state index in [1.54, 1.807) is 26.0 Å². The van der Waals surface area contributed by atoms with Crippen molar-refractivity contribution in [2.45, 2.75) is 37.6 Å². The molecule has 1 N–H and O–H groups in total. The molecule has 0 aliphatic heterocycles. The summed E-state index contributed by atoms with van der Waals surface area (Å²) in [6.45, 7) is 5.29. The predicted molar refractivity (Wildman–Crippen MR) is 132 cm³/mol. The second-order valence-electron chi connectivity index (χ2n) is 8.08. The Kier molecular flexibility index (Phi) is 7.95. The van der Waals surface area contributed by atoms with Gasteiger partial charge in [0, 0.05) is 10.5 Å². The van der Waals surface area contributed by atoms with E-state index in [1.165, 1.54) is 24.3 Å². The van der Waals surface area contributed by atoms with Crippen LogP contribution in [0, 0.1) is 13.8 Å². The highest BCUT2D eigenvalue weighted by atomic mass is 32.2. The van der Waals surface area contributed by atoms with Crippen LogP contribution < -0.4 is 14.2 Å². The highest BCUT2D eigenvalue weighted by Gasteiger charge is 2.29.